The second-order valence-electron chi connectivity index (χ2n) is 7.07. The maximum absolute atomic E-state index is 14.4. The predicted molar refractivity (Wildman–Crippen MR) is 92.0 cm³/mol. The SMILES string of the molecule is Nc1ccc(C2CCCN2C(=O)C2(c3c(F)cccc3F)CCC2)nn1. The van der Waals surface area contributed by atoms with E-state index < -0.39 is 17.0 Å². The monoisotopic (exact) mass is 358 g/mol. The Balaban J connectivity index is 1.70. The summed E-state index contributed by atoms with van der Waals surface area (Å²) in [5, 5.41) is 7.98. The molecule has 2 fully saturated rings. The van der Waals surface area contributed by atoms with E-state index in [-0.39, 0.29) is 17.5 Å². The van der Waals surface area contributed by atoms with E-state index in [0.29, 0.717) is 30.9 Å². The molecule has 26 heavy (non-hydrogen) atoms. The summed E-state index contributed by atoms with van der Waals surface area (Å²) >= 11 is 0. The van der Waals surface area contributed by atoms with Gasteiger partial charge in [-0.1, -0.05) is 12.5 Å². The Labute approximate surface area is 150 Å². The van der Waals surface area contributed by atoms with Crippen molar-refractivity contribution in [3.8, 4) is 0 Å². The molecule has 4 rings (SSSR count). The van der Waals surface area contributed by atoms with Gasteiger partial charge in [0.1, 0.15) is 17.5 Å². The fraction of sp³-hybridized carbons (Fsp3) is 0.421. The van der Waals surface area contributed by atoms with Crippen LogP contribution in [0.1, 0.15) is 49.4 Å². The average Bonchev–Trinajstić information content (AvgIpc) is 3.06. The maximum Gasteiger partial charge on any atom is 0.234 e. The molecule has 1 aliphatic carbocycles. The maximum atomic E-state index is 14.4. The van der Waals surface area contributed by atoms with Gasteiger partial charge in [0.05, 0.1) is 17.2 Å². The van der Waals surface area contributed by atoms with Gasteiger partial charge >= 0.3 is 0 Å². The fourth-order valence-electron chi connectivity index (χ4n) is 4.18. The van der Waals surface area contributed by atoms with Crippen LogP contribution in [0.2, 0.25) is 0 Å². The summed E-state index contributed by atoms with van der Waals surface area (Å²) in [4.78, 5) is 15.1. The Bertz CT molecular complexity index is 816. The number of rotatable bonds is 3. The summed E-state index contributed by atoms with van der Waals surface area (Å²) < 4.78 is 28.9. The highest BCUT2D eigenvalue weighted by Gasteiger charge is 2.52. The molecular weight excluding hydrogens is 338 g/mol. The van der Waals surface area contributed by atoms with E-state index in [2.05, 4.69) is 10.2 Å². The standard InChI is InChI=1S/C19H20F2N4O/c20-12-4-1-5-13(21)17(12)19(9-3-10-19)18(26)25-11-2-6-15(25)14-7-8-16(22)24-23-14/h1,4-5,7-8,15H,2-3,6,9-11H2,(H2,22,24). The van der Waals surface area contributed by atoms with Crippen LogP contribution in [-0.2, 0) is 10.2 Å². The van der Waals surface area contributed by atoms with Crippen molar-refractivity contribution >= 4 is 11.7 Å². The smallest absolute Gasteiger partial charge is 0.234 e. The van der Waals surface area contributed by atoms with Gasteiger partial charge in [0.25, 0.3) is 0 Å². The first-order valence-electron chi connectivity index (χ1n) is 8.87. The molecule has 2 heterocycles. The lowest BCUT2D eigenvalue weighted by Crippen LogP contribution is -2.51. The van der Waals surface area contributed by atoms with Gasteiger partial charge in [-0.25, -0.2) is 8.78 Å². The summed E-state index contributed by atoms with van der Waals surface area (Å²) in [6.07, 6.45) is 3.26. The first-order valence-corrected chi connectivity index (χ1v) is 8.87. The lowest BCUT2D eigenvalue weighted by molar-refractivity contribution is -0.142. The van der Waals surface area contributed by atoms with Crippen LogP contribution < -0.4 is 5.73 Å². The van der Waals surface area contributed by atoms with Crippen LogP contribution in [0.25, 0.3) is 0 Å². The third kappa shape index (κ3) is 2.53. The topological polar surface area (TPSA) is 72.1 Å². The van der Waals surface area contributed by atoms with E-state index in [1.807, 2.05) is 0 Å². The Morgan fingerprint density at radius 2 is 1.85 bits per heavy atom. The number of carbonyl (C=O) groups excluding carboxylic acids is 1. The Hall–Kier alpha value is -2.57. The molecule has 7 heteroatoms. The van der Waals surface area contributed by atoms with Gasteiger partial charge in [-0.05, 0) is 49.9 Å². The number of carbonyl (C=O) groups is 1. The molecule has 1 amide bonds. The second kappa shape index (κ2) is 6.30. The minimum atomic E-state index is -1.11. The van der Waals surface area contributed by atoms with E-state index in [9.17, 15) is 13.6 Å². The molecule has 1 saturated carbocycles. The van der Waals surface area contributed by atoms with E-state index >= 15 is 0 Å². The number of halogens is 2. The van der Waals surface area contributed by atoms with E-state index in [0.717, 1.165) is 19.3 Å². The van der Waals surface area contributed by atoms with Gasteiger partial charge in [0.2, 0.25) is 5.91 Å². The lowest BCUT2D eigenvalue weighted by atomic mass is 9.63. The van der Waals surface area contributed by atoms with Crippen molar-refractivity contribution in [3.05, 3.63) is 53.2 Å². The summed E-state index contributed by atoms with van der Waals surface area (Å²) in [6, 6.07) is 6.95. The molecule has 5 nitrogen and oxygen atoms in total. The quantitative estimate of drug-likeness (QED) is 0.915. The lowest BCUT2D eigenvalue weighted by Gasteiger charge is -2.44. The molecule has 0 radical (unpaired) electrons. The van der Waals surface area contributed by atoms with Crippen molar-refractivity contribution < 1.29 is 13.6 Å². The van der Waals surface area contributed by atoms with Crippen molar-refractivity contribution in [2.24, 2.45) is 0 Å². The third-order valence-corrected chi connectivity index (χ3v) is 5.62. The largest absolute Gasteiger partial charge is 0.382 e. The summed E-state index contributed by atoms with van der Waals surface area (Å²) in [6.45, 7) is 0.549. The second-order valence-corrected chi connectivity index (χ2v) is 7.07. The molecule has 136 valence electrons. The van der Waals surface area contributed by atoms with Crippen LogP contribution in [0, 0.1) is 11.6 Å². The van der Waals surface area contributed by atoms with Crippen LogP contribution in [0.4, 0.5) is 14.6 Å². The normalized spacial score (nSPS) is 21.5. The molecule has 1 unspecified atom stereocenters. The van der Waals surface area contributed by atoms with Crippen molar-refractivity contribution in [1.29, 1.82) is 0 Å². The van der Waals surface area contributed by atoms with E-state index in [1.165, 1.54) is 18.2 Å². The van der Waals surface area contributed by atoms with Crippen molar-refractivity contribution in [1.82, 2.24) is 15.1 Å². The molecule has 1 atom stereocenters. The zero-order chi connectivity index (χ0) is 18.3. The predicted octanol–water partition coefficient (Wildman–Crippen LogP) is 3.12. The van der Waals surface area contributed by atoms with Gasteiger partial charge in [-0.3, -0.25) is 4.79 Å². The van der Waals surface area contributed by atoms with Gasteiger partial charge in [0, 0.05) is 12.1 Å². The van der Waals surface area contributed by atoms with Crippen molar-refractivity contribution in [2.45, 2.75) is 43.6 Å². The zero-order valence-electron chi connectivity index (χ0n) is 14.3. The number of likely N-dealkylation sites (tertiary alicyclic amines) is 1. The minimum Gasteiger partial charge on any atom is -0.382 e. The van der Waals surface area contributed by atoms with E-state index in [4.69, 9.17) is 5.73 Å². The van der Waals surface area contributed by atoms with Gasteiger partial charge < -0.3 is 10.6 Å². The molecule has 2 aromatic rings. The van der Waals surface area contributed by atoms with Crippen molar-refractivity contribution in [2.75, 3.05) is 12.3 Å². The third-order valence-electron chi connectivity index (χ3n) is 5.62. The van der Waals surface area contributed by atoms with Gasteiger partial charge in [-0.15, -0.1) is 5.10 Å². The molecule has 1 aliphatic heterocycles. The summed E-state index contributed by atoms with van der Waals surface area (Å²) in [7, 11) is 0. The number of hydrogen-bond donors (Lipinski definition) is 1. The number of anilines is 1. The number of benzene rings is 1. The average molecular weight is 358 g/mol. The molecule has 1 aromatic carbocycles. The first kappa shape index (κ1) is 16.9. The minimum absolute atomic E-state index is 0.0923. The number of nitrogens with two attached hydrogens (primary N) is 1. The number of amides is 1. The van der Waals surface area contributed by atoms with Crippen LogP contribution in [0.5, 0.6) is 0 Å². The van der Waals surface area contributed by atoms with Crippen LogP contribution in [0.15, 0.2) is 30.3 Å². The number of nitrogen functional groups attached to an aromatic ring is 1. The van der Waals surface area contributed by atoms with Crippen LogP contribution >= 0.6 is 0 Å². The van der Waals surface area contributed by atoms with Gasteiger partial charge in [0.15, 0.2) is 0 Å². The highest BCUT2D eigenvalue weighted by atomic mass is 19.1. The number of hydrogen-bond acceptors (Lipinski definition) is 4. The Morgan fingerprint density at radius 3 is 2.42 bits per heavy atom. The molecule has 2 aliphatic rings. The molecule has 1 aromatic heterocycles. The molecular formula is C19H20F2N4O. The van der Waals surface area contributed by atoms with Crippen LogP contribution in [0.3, 0.4) is 0 Å². The Kier molecular flexibility index (Phi) is 4.09. The molecule has 2 N–H and O–H groups in total. The Morgan fingerprint density at radius 1 is 1.12 bits per heavy atom. The zero-order valence-corrected chi connectivity index (χ0v) is 14.3. The first-order chi connectivity index (χ1) is 12.5. The van der Waals surface area contributed by atoms with Crippen molar-refractivity contribution in [3.63, 3.8) is 0 Å². The number of aromatic nitrogens is 2. The fourth-order valence-corrected chi connectivity index (χ4v) is 4.18. The number of nitrogens with zero attached hydrogens (tertiary/aromatic N) is 3. The summed E-state index contributed by atoms with van der Waals surface area (Å²) in [5.74, 6) is -1.20. The van der Waals surface area contributed by atoms with E-state index in [1.54, 1.807) is 17.0 Å². The highest BCUT2D eigenvalue weighted by Crippen LogP contribution is 2.49. The molecule has 0 bridgehead atoms. The molecule has 0 spiro atoms. The van der Waals surface area contributed by atoms with Gasteiger partial charge in [-0.2, -0.15) is 5.10 Å². The molecule has 1 saturated heterocycles. The highest BCUT2D eigenvalue weighted by molar-refractivity contribution is 5.90. The van der Waals surface area contributed by atoms with Crippen LogP contribution in [-0.4, -0.2) is 27.5 Å². The summed E-state index contributed by atoms with van der Waals surface area (Å²) in [5.41, 5.74) is 5.05.